The predicted molar refractivity (Wildman–Crippen MR) is 163 cm³/mol. The highest BCUT2D eigenvalue weighted by Gasteiger charge is 2.37. The molecule has 0 aliphatic carbocycles. The fourth-order valence-electron chi connectivity index (χ4n) is 3.85. The molecule has 1 aliphatic heterocycles. The molecule has 228 valence electrons. The van der Waals surface area contributed by atoms with Crippen LogP contribution in [-0.2, 0) is 34.7 Å². The Morgan fingerprint density at radius 1 is 1.12 bits per heavy atom. The molecule has 7 nitrogen and oxygen atoms in total. The summed E-state index contributed by atoms with van der Waals surface area (Å²) in [5.41, 5.74) is 2.27. The lowest BCUT2D eigenvalue weighted by molar-refractivity contribution is -0.181. The van der Waals surface area contributed by atoms with Gasteiger partial charge in [0.1, 0.15) is 12.5 Å². The van der Waals surface area contributed by atoms with Gasteiger partial charge in [0.05, 0.1) is 32.5 Å². The number of rotatable bonds is 18. The fraction of sp³-hybridized carbons (Fsp3) is 0.688. The van der Waals surface area contributed by atoms with Crippen LogP contribution >= 0.6 is 0 Å². The van der Waals surface area contributed by atoms with Gasteiger partial charge in [-0.2, -0.15) is 0 Å². The average Bonchev–Trinajstić information content (AvgIpc) is 2.93. The minimum atomic E-state index is -1.86. The minimum Gasteiger partial charge on any atom is -0.497 e. The van der Waals surface area contributed by atoms with Crippen LogP contribution in [0, 0.1) is 0 Å². The number of ether oxygens (including phenoxy) is 6. The molecule has 1 aliphatic rings. The van der Waals surface area contributed by atoms with Gasteiger partial charge in [-0.05, 0) is 68.4 Å². The molecule has 2 rings (SSSR count). The van der Waals surface area contributed by atoms with Gasteiger partial charge >= 0.3 is 0 Å². The highest BCUT2D eigenvalue weighted by molar-refractivity contribution is 6.74. The van der Waals surface area contributed by atoms with Gasteiger partial charge in [0, 0.05) is 26.7 Å². The average molecular weight is 579 g/mol. The summed E-state index contributed by atoms with van der Waals surface area (Å²) in [5, 5.41) is 0.155. The van der Waals surface area contributed by atoms with Crippen molar-refractivity contribution in [2.45, 2.75) is 103 Å². The molecule has 0 amide bonds. The third-order valence-electron chi connectivity index (χ3n) is 7.57. The summed E-state index contributed by atoms with van der Waals surface area (Å²) in [5.74, 6) is 0.845. The van der Waals surface area contributed by atoms with E-state index in [0.717, 1.165) is 55.6 Å². The van der Waals surface area contributed by atoms with Crippen molar-refractivity contribution in [3.8, 4) is 5.75 Å². The molecule has 1 aromatic rings. The Balaban J connectivity index is 1.94. The molecule has 1 saturated heterocycles. The van der Waals surface area contributed by atoms with Crippen LogP contribution in [0.5, 0.6) is 5.75 Å². The van der Waals surface area contributed by atoms with Crippen molar-refractivity contribution in [2.75, 3.05) is 40.8 Å². The van der Waals surface area contributed by atoms with Gasteiger partial charge in [-0.15, -0.1) is 0 Å². The number of methoxy groups -OCH3 is 2. The first-order chi connectivity index (χ1) is 19.0. The van der Waals surface area contributed by atoms with Crippen molar-refractivity contribution in [1.29, 1.82) is 0 Å². The van der Waals surface area contributed by atoms with E-state index in [1.54, 1.807) is 14.2 Å². The molecule has 0 N–H and O–H groups in total. The Morgan fingerprint density at radius 3 is 2.50 bits per heavy atom. The van der Waals surface area contributed by atoms with Crippen LogP contribution in [0.3, 0.4) is 0 Å². The van der Waals surface area contributed by atoms with Crippen molar-refractivity contribution in [3.63, 3.8) is 0 Å². The molecule has 1 heterocycles. The normalized spacial score (nSPS) is 18.7. The van der Waals surface area contributed by atoms with E-state index in [0.29, 0.717) is 19.8 Å². The highest BCUT2D eigenvalue weighted by atomic mass is 28.4. The summed E-state index contributed by atoms with van der Waals surface area (Å²) in [4.78, 5) is 0. The predicted octanol–water partition coefficient (Wildman–Crippen LogP) is 7.42. The van der Waals surface area contributed by atoms with E-state index in [2.05, 4.69) is 59.0 Å². The van der Waals surface area contributed by atoms with Crippen molar-refractivity contribution in [2.24, 2.45) is 0 Å². The molecule has 1 aromatic carbocycles. The van der Waals surface area contributed by atoms with Crippen molar-refractivity contribution < 1.29 is 32.8 Å². The summed E-state index contributed by atoms with van der Waals surface area (Å²) >= 11 is 0. The van der Waals surface area contributed by atoms with E-state index in [9.17, 15) is 0 Å². The zero-order chi connectivity index (χ0) is 29.4. The fourth-order valence-corrected chi connectivity index (χ4v) is 4.88. The Labute approximate surface area is 244 Å². The van der Waals surface area contributed by atoms with E-state index < -0.39 is 8.32 Å². The quantitative estimate of drug-likeness (QED) is 0.0777. The first kappa shape index (κ1) is 34.7. The summed E-state index contributed by atoms with van der Waals surface area (Å²) in [6, 6.07) is 7.95. The first-order valence-corrected chi connectivity index (χ1v) is 17.5. The third kappa shape index (κ3) is 13.4. The minimum absolute atomic E-state index is 0.0635. The first-order valence-electron chi connectivity index (χ1n) is 14.6. The molecule has 3 atom stereocenters. The van der Waals surface area contributed by atoms with Gasteiger partial charge in [-0.3, -0.25) is 0 Å². The molecule has 0 bridgehead atoms. The molecular weight excluding hydrogens is 524 g/mol. The number of hydrogen-bond donors (Lipinski definition) is 0. The zero-order valence-corrected chi connectivity index (χ0v) is 27.2. The van der Waals surface area contributed by atoms with Gasteiger partial charge in [-0.1, -0.05) is 56.7 Å². The second-order valence-corrected chi connectivity index (χ2v) is 16.8. The third-order valence-corrected chi connectivity index (χ3v) is 12.1. The van der Waals surface area contributed by atoms with Crippen LogP contribution in [0.15, 0.2) is 48.1 Å². The van der Waals surface area contributed by atoms with Crippen LogP contribution in [0.25, 0.3) is 0 Å². The summed E-state index contributed by atoms with van der Waals surface area (Å²) in [7, 11) is 1.46. The summed E-state index contributed by atoms with van der Waals surface area (Å²) in [6.07, 6.45) is 10.8. The van der Waals surface area contributed by atoms with Crippen LogP contribution in [0.2, 0.25) is 18.1 Å². The van der Waals surface area contributed by atoms with Gasteiger partial charge in [-0.25, -0.2) is 0 Å². The Kier molecular flexibility index (Phi) is 15.7. The van der Waals surface area contributed by atoms with Crippen molar-refractivity contribution in [3.05, 3.63) is 53.6 Å². The van der Waals surface area contributed by atoms with Crippen molar-refractivity contribution >= 4 is 8.32 Å². The lowest BCUT2D eigenvalue weighted by Crippen LogP contribution is -2.43. The molecular formula is C32H54O7Si. The highest BCUT2D eigenvalue weighted by Crippen LogP contribution is 2.36. The summed E-state index contributed by atoms with van der Waals surface area (Å²) < 4.78 is 40.9. The standard InChI is InChI=1S/C32H54O7Si/c1-26(13-17-30(37-25-33-5)24-38-40(7,8)32(2,3)4)12-16-29(39-31-11-9-10-21-36-31)20-22-35-23-27-14-18-28(34-6)19-15-27/h12-16,18-19,29-31H,9-11,17,20-25H2,1-8H3/b16-12+,26-13+. The van der Waals surface area contributed by atoms with E-state index >= 15 is 0 Å². The maximum atomic E-state index is 6.42. The molecule has 8 heteroatoms. The molecule has 3 unspecified atom stereocenters. The SMILES string of the molecule is COCOC(C/C=C(C)/C=C/C(CCOCc1ccc(OC)cc1)OC1CCCCO1)CO[Si](C)(C)C(C)(C)C. The van der Waals surface area contributed by atoms with Gasteiger partial charge in [0.15, 0.2) is 14.6 Å². The molecule has 0 spiro atoms. The maximum Gasteiger partial charge on any atom is 0.192 e. The Bertz CT molecular complexity index is 870. The second-order valence-electron chi connectivity index (χ2n) is 12.0. The number of hydrogen-bond acceptors (Lipinski definition) is 7. The van der Waals surface area contributed by atoms with E-state index in [1.807, 2.05) is 24.3 Å². The largest absolute Gasteiger partial charge is 0.497 e. The second kappa shape index (κ2) is 18.1. The number of allylic oxidation sites excluding steroid dienone is 2. The van der Waals surface area contributed by atoms with E-state index in [1.165, 1.54) is 0 Å². The van der Waals surface area contributed by atoms with Gasteiger partial charge in [0.2, 0.25) is 0 Å². The van der Waals surface area contributed by atoms with Crippen LogP contribution in [0.1, 0.15) is 65.4 Å². The smallest absolute Gasteiger partial charge is 0.192 e. The molecule has 1 fully saturated rings. The summed E-state index contributed by atoms with van der Waals surface area (Å²) in [6.45, 7) is 16.1. The molecule has 0 aromatic heterocycles. The Hall–Kier alpha value is -1.52. The van der Waals surface area contributed by atoms with E-state index in [-0.39, 0.29) is 30.3 Å². The van der Waals surface area contributed by atoms with E-state index in [4.69, 9.17) is 32.8 Å². The Morgan fingerprint density at radius 2 is 1.88 bits per heavy atom. The zero-order valence-electron chi connectivity index (χ0n) is 26.2. The molecule has 40 heavy (non-hydrogen) atoms. The lowest BCUT2D eigenvalue weighted by atomic mass is 10.1. The monoisotopic (exact) mass is 578 g/mol. The molecule has 0 radical (unpaired) electrons. The van der Waals surface area contributed by atoms with Gasteiger partial charge in [0.25, 0.3) is 0 Å². The van der Waals surface area contributed by atoms with Crippen LogP contribution in [0.4, 0.5) is 0 Å². The molecule has 0 saturated carbocycles. The van der Waals surface area contributed by atoms with Gasteiger partial charge < -0.3 is 32.8 Å². The van der Waals surface area contributed by atoms with Crippen LogP contribution in [-0.4, -0.2) is 67.6 Å². The van der Waals surface area contributed by atoms with Crippen molar-refractivity contribution in [1.82, 2.24) is 0 Å². The van der Waals surface area contributed by atoms with Crippen LogP contribution < -0.4 is 4.74 Å². The maximum absolute atomic E-state index is 6.42. The number of benzene rings is 1. The lowest BCUT2D eigenvalue weighted by Gasteiger charge is -2.37. The topological polar surface area (TPSA) is 64.6 Å².